The van der Waals surface area contributed by atoms with Crippen LogP contribution < -0.4 is 5.32 Å². The van der Waals surface area contributed by atoms with Gasteiger partial charge in [-0.05, 0) is 35.7 Å². The molecular formula is C24H23N3O2S2. The van der Waals surface area contributed by atoms with Crippen LogP contribution in [0.4, 0.5) is 0 Å². The van der Waals surface area contributed by atoms with Gasteiger partial charge in [-0.3, -0.25) is 9.69 Å². The van der Waals surface area contributed by atoms with Crippen molar-refractivity contribution < 1.29 is 9.53 Å². The molecule has 158 valence electrons. The summed E-state index contributed by atoms with van der Waals surface area (Å²) in [6.07, 6.45) is 0. The van der Waals surface area contributed by atoms with Gasteiger partial charge in [-0.2, -0.15) is 5.26 Å². The van der Waals surface area contributed by atoms with Gasteiger partial charge in [0.2, 0.25) is 0 Å². The Bertz CT molecular complexity index is 1060. The Morgan fingerprint density at radius 1 is 1.10 bits per heavy atom. The summed E-state index contributed by atoms with van der Waals surface area (Å²) in [6, 6.07) is 21.5. The molecule has 0 saturated carbocycles. The van der Waals surface area contributed by atoms with E-state index in [0.717, 1.165) is 22.9 Å². The lowest BCUT2D eigenvalue weighted by molar-refractivity contribution is 0.0169. The second-order valence-electron chi connectivity index (χ2n) is 7.10. The molecule has 5 nitrogen and oxygen atoms in total. The number of rotatable bonds is 7. The highest BCUT2D eigenvalue weighted by Crippen LogP contribution is 2.33. The van der Waals surface area contributed by atoms with Gasteiger partial charge in [-0.15, -0.1) is 11.3 Å². The molecule has 1 atom stereocenters. The van der Waals surface area contributed by atoms with Gasteiger partial charge in [-0.25, -0.2) is 0 Å². The van der Waals surface area contributed by atoms with E-state index < -0.39 is 0 Å². The molecule has 0 radical (unpaired) electrons. The van der Waals surface area contributed by atoms with E-state index in [-0.39, 0.29) is 11.9 Å². The Labute approximate surface area is 190 Å². The summed E-state index contributed by atoms with van der Waals surface area (Å²) in [6.45, 7) is 3.68. The lowest BCUT2D eigenvalue weighted by Crippen LogP contribution is -2.43. The SMILES string of the molecule is N#Cc1ccccc1Sc1ccccc1C(=O)NCC(c1cccs1)N1CCOCC1. The van der Waals surface area contributed by atoms with Gasteiger partial charge in [0.05, 0.1) is 30.4 Å². The van der Waals surface area contributed by atoms with Crippen molar-refractivity contribution in [2.24, 2.45) is 0 Å². The number of carbonyl (C=O) groups is 1. The Morgan fingerprint density at radius 3 is 2.58 bits per heavy atom. The molecule has 1 fully saturated rings. The van der Waals surface area contributed by atoms with Gasteiger partial charge in [0.25, 0.3) is 5.91 Å². The number of nitrogens with zero attached hydrogens (tertiary/aromatic N) is 2. The van der Waals surface area contributed by atoms with Crippen LogP contribution in [0, 0.1) is 11.3 Å². The van der Waals surface area contributed by atoms with Crippen LogP contribution in [0.25, 0.3) is 0 Å². The van der Waals surface area contributed by atoms with E-state index in [9.17, 15) is 10.1 Å². The minimum Gasteiger partial charge on any atom is -0.379 e. The minimum absolute atomic E-state index is 0.104. The molecular weight excluding hydrogens is 426 g/mol. The van der Waals surface area contributed by atoms with Crippen molar-refractivity contribution in [1.29, 1.82) is 5.26 Å². The zero-order valence-electron chi connectivity index (χ0n) is 17.0. The monoisotopic (exact) mass is 449 g/mol. The molecule has 4 rings (SSSR count). The highest BCUT2D eigenvalue weighted by molar-refractivity contribution is 7.99. The van der Waals surface area contributed by atoms with Crippen molar-refractivity contribution in [1.82, 2.24) is 10.2 Å². The summed E-state index contributed by atoms with van der Waals surface area (Å²) < 4.78 is 5.50. The lowest BCUT2D eigenvalue weighted by atomic mass is 10.1. The molecule has 0 bridgehead atoms. The largest absolute Gasteiger partial charge is 0.379 e. The van der Waals surface area contributed by atoms with Crippen LogP contribution in [0.5, 0.6) is 0 Å². The van der Waals surface area contributed by atoms with Gasteiger partial charge < -0.3 is 10.1 Å². The standard InChI is InChI=1S/C24H23N3O2S2/c25-16-18-6-1-3-8-21(18)31-22-9-4-2-7-19(22)24(28)26-17-20(23-10-5-15-30-23)27-11-13-29-14-12-27/h1-10,15,20H,11-14,17H2,(H,26,28). The number of morpholine rings is 1. The van der Waals surface area contributed by atoms with E-state index in [4.69, 9.17) is 4.74 Å². The second-order valence-corrected chi connectivity index (χ2v) is 9.16. The molecule has 2 heterocycles. The molecule has 7 heteroatoms. The normalized spacial score (nSPS) is 15.2. The molecule has 2 aromatic carbocycles. The first kappa shape index (κ1) is 21.6. The molecule has 1 N–H and O–H groups in total. The van der Waals surface area contributed by atoms with Gasteiger partial charge in [0.1, 0.15) is 6.07 Å². The summed E-state index contributed by atoms with van der Waals surface area (Å²) in [5.41, 5.74) is 1.22. The topological polar surface area (TPSA) is 65.4 Å². The van der Waals surface area contributed by atoms with Crippen LogP contribution in [0.2, 0.25) is 0 Å². The summed E-state index contributed by atoms with van der Waals surface area (Å²) >= 11 is 3.16. The maximum absolute atomic E-state index is 13.1. The van der Waals surface area contributed by atoms with Crippen molar-refractivity contribution in [2.75, 3.05) is 32.8 Å². The number of thiophene rings is 1. The molecule has 3 aromatic rings. The van der Waals surface area contributed by atoms with Crippen molar-refractivity contribution in [3.63, 3.8) is 0 Å². The van der Waals surface area contributed by atoms with Crippen molar-refractivity contribution in [2.45, 2.75) is 15.8 Å². The van der Waals surface area contributed by atoms with E-state index in [1.807, 2.05) is 48.5 Å². The molecule has 1 unspecified atom stereocenters. The van der Waals surface area contributed by atoms with Crippen molar-refractivity contribution in [3.05, 3.63) is 82.0 Å². The third-order valence-corrected chi connectivity index (χ3v) is 7.30. The fraction of sp³-hybridized carbons (Fsp3) is 0.250. The molecule has 0 aliphatic carbocycles. The fourth-order valence-corrected chi connectivity index (χ4v) is 5.46. The van der Waals surface area contributed by atoms with Gasteiger partial charge >= 0.3 is 0 Å². The minimum atomic E-state index is -0.104. The van der Waals surface area contributed by atoms with Crippen LogP contribution in [-0.4, -0.2) is 43.7 Å². The number of hydrogen-bond acceptors (Lipinski definition) is 6. The zero-order valence-corrected chi connectivity index (χ0v) is 18.6. The number of amides is 1. The zero-order chi connectivity index (χ0) is 21.5. The van der Waals surface area contributed by atoms with Crippen molar-refractivity contribution >= 4 is 29.0 Å². The van der Waals surface area contributed by atoms with Crippen LogP contribution in [0.3, 0.4) is 0 Å². The first-order valence-corrected chi connectivity index (χ1v) is 11.9. The number of ether oxygens (including phenoxy) is 1. The van der Waals surface area contributed by atoms with E-state index in [0.29, 0.717) is 30.9 Å². The molecule has 1 aliphatic rings. The summed E-state index contributed by atoms with van der Waals surface area (Å²) in [5.74, 6) is -0.104. The van der Waals surface area contributed by atoms with E-state index in [1.165, 1.54) is 16.6 Å². The van der Waals surface area contributed by atoms with Gasteiger partial charge in [0.15, 0.2) is 0 Å². The van der Waals surface area contributed by atoms with Crippen LogP contribution in [-0.2, 0) is 4.74 Å². The summed E-state index contributed by atoms with van der Waals surface area (Å²) in [5, 5.41) is 14.6. The molecule has 0 spiro atoms. The molecule has 1 aromatic heterocycles. The lowest BCUT2D eigenvalue weighted by Gasteiger charge is -2.34. The Balaban J connectivity index is 1.50. The summed E-state index contributed by atoms with van der Waals surface area (Å²) in [4.78, 5) is 18.4. The third-order valence-electron chi connectivity index (χ3n) is 5.17. The number of carbonyl (C=O) groups excluding carboxylic acids is 1. The number of nitriles is 1. The Hall–Kier alpha value is -2.63. The van der Waals surface area contributed by atoms with E-state index in [2.05, 4.69) is 27.7 Å². The first-order chi connectivity index (χ1) is 15.3. The van der Waals surface area contributed by atoms with Crippen LogP contribution >= 0.6 is 23.1 Å². The van der Waals surface area contributed by atoms with E-state index in [1.54, 1.807) is 17.4 Å². The number of benzene rings is 2. The fourth-order valence-electron chi connectivity index (χ4n) is 3.57. The molecule has 1 amide bonds. The average molecular weight is 450 g/mol. The first-order valence-electron chi connectivity index (χ1n) is 10.2. The maximum Gasteiger partial charge on any atom is 0.252 e. The average Bonchev–Trinajstić information content (AvgIpc) is 3.35. The number of hydrogen-bond donors (Lipinski definition) is 1. The molecule has 1 aliphatic heterocycles. The Kier molecular flexibility index (Phi) is 7.39. The van der Waals surface area contributed by atoms with Crippen LogP contribution in [0.15, 0.2) is 75.8 Å². The third kappa shape index (κ3) is 5.35. The second kappa shape index (κ2) is 10.6. The molecule has 31 heavy (non-hydrogen) atoms. The predicted molar refractivity (Wildman–Crippen MR) is 124 cm³/mol. The van der Waals surface area contributed by atoms with Gasteiger partial charge in [0, 0.05) is 34.3 Å². The highest BCUT2D eigenvalue weighted by atomic mass is 32.2. The quantitative estimate of drug-likeness (QED) is 0.572. The maximum atomic E-state index is 13.1. The smallest absolute Gasteiger partial charge is 0.252 e. The summed E-state index contributed by atoms with van der Waals surface area (Å²) in [7, 11) is 0. The van der Waals surface area contributed by atoms with Crippen LogP contribution in [0.1, 0.15) is 26.8 Å². The van der Waals surface area contributed by atoms with Gasteiger partial charge in [-0.1, -0.05) is 42.1 Å². The van der Waals surface area contributed by atoms with E-state index >= 15 is 0 Å². The Morgan fingerprint density at radius 2 is 1.84 bits per heavy atom. The van der Waals surface area contributed by atoms with Crippen molar-refractivity contribution in [3.8, 4) is 6.07 Å². The highest BCUT2D eigenvalue weighted by Gasteiger charge is 2.24. The number of nitrogens with one attached hydrogen (secondary N) is 1. The predicted octanol–water partition coefficient (Wildman–Crippen LogP) is 4.57. The molecule has 1 saturated heterocycles.